The Bertz CT molecular complexity index is 150. The molecule has 0 saturated carbocycles. The number of methoxy groups -OCH3 is 1. The highest BCUT2D eigenvalue weighted by molar-refractivity contribution is 5.87. The third-order valence-corrected chi connectivity index (χ3v) is 0.977. The number of nitrogens with zero attached hydrogens (tertiary/aromatic N) is 1. The van der Waals surface area contributed by atoms with Crippen molar-refractivity contribution in [3.63, 3.8) is 0 Å². The Morgan fingerprint density at radius 2 is 2.00 bits per heavy atom. The second-order valence-electron chi connectivity index (χ2n) is 2.19. The number of rotatable bonds is 3. The van der Waals surface area contributed by atoms with Gasteiger partial charge in [0, 0.05) is 20.2 Å². The summed E-state index contributed by atoms with van der Waals surface area (Å²) >= 11 is 0. The molecule has 0 aliphatic carbocycles. The molecule has 0 saturated heterocycles. The normalized spacial score (nSPS) is 11.0. The summed E-state index contributed by atoms with van der Waals surface area (Å²) in [6.45, 7) is 1.49. The van der Waals surface area contributed by atoms with Crippen molar-refractivity contribution in [1.82, 2.24) is 4.90 Å². The van der Waals surface area contributed by atoms with Gasteiger partial charge in [0.1, 0.15) is 0 Å². The molecule has 0 aromatic heterocycles. The number of ketones is 1. The lowest BCUT2D eigenvalue weighted by Crippen LogP contribution is -2.13. The van der Waals surface area contributed by atoms with Crippen LogP contribution in [0.15, 0.2) is 12.0 Å². The summed E-state index contributed by atoms with van der Waals surface area (Å²) < 4.78 is 4.89. The van der Waals surface area contributed by atoms with Crippen LogP contribution in [0.5, 0.6) is 0 Å². The fourth-order valence-corrected chi connectivity index (χ4v) is 0.544. The van der Waals surface area contributed by atoms with E-state index < -0.39 is 0 Å². The van der Waals surface area contributed by atoms with Gasteiger partial charge in [0.2, 0.25) is 0 Å². The predicted octanol–water partition coefficient (Wildman–Crippen LogP) is 0.625. The largest absolute Gasteiger partial charge is 0.482 e. The third kappa shape index (κ3) is 3.12. The van der Waals surface area contributed by atoms with Gasteiger partial charge in [-0.2, -0.15) is 0 Å². The minimum atomic E-state index is -0.00875. The van der Waals surface area contributed by atoms with Crippen LogP contribution in [-0.4, -0.2) is 31.9 Å². The number of hydrogen-bond donors (Lipinski definition) is 0. The Labute approximate surface area is 61.3 Å². The first-order valence-corrected chi connectivity index (χ1v) is 3.01. The summed E-state index contributed by atoms with van der Waals surface area (Å²) in [5.41, 5.74) is 0. The second kappa shape index (κ2) is 3.93. The Balaban J connectivity index is 4.18. The number of carbonyl (C=O) groups excluding carboxylic acids is 1. The topological polar surface area (TPSA) is 29.5 Å². The number of ether oxygens (including phenoxy) is 1. The van der Waals surface area contributed by atoms with E-state index in [1.165, 1.54) is 20.1 Å². The first kappa shape index (κ1) is 9.01. The van der Waals surface area contributed by atoms with Gasteiger partial charge in [-0.05, 0) is 6.92 Å². The standard InChI is InChI=1S/C7H13NO2/c1-6(9)5-7(10-4)8(2)3/h5H,1-4H3/b7-5+. The van der Waals surface area contributed by atoms with Gasteiger partial charge in [0.25, 0.3) is 0 Å². The molecule has 0 aromatic rings. The molecule has 0 aliphatic rings. The lowest BCUT2D eigenvalue weighted by Gasteiger charge is -2.14. The minimum Gasteiger partial charge on any atom is -0.482 e. The van der Waals surface area contributed by atoms with Crippen LogP contribution in [0.25, 0.3) is 0 Å². The monoisotopic (exact) mass is 143 g/mol. The minimum absolute atomic E-state index is 0.00875. The molecule has 0 aliphatic heterocycles. The molecule has 58 valence electrons. The maximum atomic E-state index is 10.5. The number of allylic oxidation sites excluding steroid dienone is 1. The van der Waals surface area contributed by atoms with E-state index in [0.29, 0.717) is 5.88 Å². The summed E-state index contributed by atoms with van der Waals surface area (Å²) in [6, 6.07) is 0. The van der Waals surface area contributed by atoms with E-state index in [-0.39, 0.29) is 5.78 Å². The first-order chi connectivity index (χ1) is 4.57. The van der Waals surface area contributed by atoms with Gasteiger partial charge in [0.15, 0.2) is 11.7 Å². The van der Waals surface area contributed by atoms with Gasteiger partial charge in [-0.25, -0.2) is 0 Å². The van der Waals surface area contributed by atoms with E-state index >= 15 is 0 Å². The lowest BCUT2D eigenvalue weighted by molar-refractivity contribution is -0.112. The molecule has 0 N–H and O–H groups in total. The molecule has 0 radical (unpaired) electrons. The van der Waals surface area contributed by atoms with Crippen LogP contribution in [0.4, 0.5) is 0 Å². The summed E-state index contributed by atoms with van der Waals surface area (Å²) in [4.78, 5) is 12.3. The highest BCUT2D eigenvalue weighted by Crippen LogP contribution is 1.97. The van der Waals surface area contributed by atoms with E-state index in [4.69, 9.17) is 4.74 Å². The Morgan fingerprint density at radius 1 is 1.50 bits per heavy atom. The van der Waals surface area contributed by atoms with Crippen molar-refractivity contribution in [2.24, 2.45) is 0 Å². The van der Waals surface area contributed by atoms with Crippen LogP contribution in [0.2, 0.25) is 0 Å². The van der Waals surface area contributed by atoms with Gasteiger partial charge in [-0.15, -0.1) is 0 Å². The quantitative estimate of drug-likeness (QED) is 0.428. The van der Waals surface area contributed by atoms with Gasteiger partial charge in [0.05, 0.1) is 7.11 Å². The van der Waals surface area contributed by atoms with Crippen molar-refractivity contribution >= 4 is 5.78 Å². The van der Waals surface area contributed by atoms with E-state index in [2.05, 4.69) is 0 Å². The van der Waals surface area contributed by atoms with Crippen LogP contribution < -0.4 is 0 Å². The molecule has 0 unspecified atom stereocenters. The molecule has 3 nitrogen and oxygen atoms in total. The van der Waals surface area contributed by atoms with Crippen molar-refractivity contribution in [3.8, 4) is 0 Å². The zero-order valence-electron chi connectivity index (χ0n) is 6.84. The molecule has 0 heterocycles. The summed E-state index contributed by atoms with van der Waals surface area (Å²) in [7, 11) is 5.17. The zero-order valence-corrected chi connectivity index (χ0v) is 6.84. The Morgan fingerprint density at radius 3 is 2.10 bits per heavy atom. The average Bonchev–Trinajstić information content (AvgIpc) is 1.81. The summed E-state index contributed by atoms with van der Waals surface area (Å²) in [5.74, 6) is 0.568. The molecule has 10 heavy (non-hydrogen) atoms. The second-order valence-corrected chi connectivity index (χ2v) is 2.19. The van der Waals surface area contributed by atoms with Crippen LogP contribution in [-0.2, 0) is 9.53 Å². The Kier molecular flexibility index (Phi) is 3.54. The molecular weight excluding hydrogens is 130 g/mol. The highest BCUT2D eigenvalue weighted by atomic mass is 16.5. The van der Waals surface area contributed by atoms with E-state index in [9.17, 15) is 4.79 Å². The molecule has 0 amide bonds. The smallest absolute Gasteiger partial charge is 0.192 e. The number of hydrogen-bond acceptors (Lipinski definition) is 3. The van der Waals surface area contributed by atoms with Crippen molar-refractivity contribution in [1.29, 1.82) is 0 Å². The molecule has 0 fully saturated rings. The van der Waals surface area contributed by atoms with Crippen molar-refractivity contribution in [2.45, 2.75) is 6.92 Å². The maximum absolute atomic E-state index is 10.5. The van der Waals surface area contributed by atoms with Crippen LogP contribution in [0, 0.1) is 0 Å². The highest BCUT2D eigenvalue weighted by Gasteiger charge is 1.98. The molecule has 3 heteroatoms. The fraction of sp³-hybridized carbons (Fsp3) is 0.571. The van der Waals surface area contributed by atoms with Crippen molar-refractivity contribution in [3.05, 3.63) is 12.0 Å². The van der Waals surface area contributed by atoms with E-state index in [0.717, 1.165) is 0 Å². The van der Waals surface area contributed by atoms with Gasteiger partial charge in [-0.3, -0.25) is 4.79 Å². The summed E-state index contributed by atoms with van der Waals surface area (Å²) in [6.07, 6.45) is 1.44. The zero-order chi connectivity index (χ0) is 8.15. The third-order valence-electron chi connectivity index (χ3n) is 0.977. The predicted molar refractivity (Wildman–Crippen MR) is 39.5 cm³/mol. The molecule has 0 rings (SSSR count). The molecule has 0 bridgehead atoms. The molecule has 0 spiro atoms. The van der Waals surface area contributed by atoms with Gasteiger partial charge in [-0.1, -0.05) is 0 Å². The van der Waals surface area contributed by atoms with Crippen LogP contribution in [0.3, 0.4) is 0 Å². The first-order valence-electron chi connectivity index (χ1n) is 3.01. The van der Waals surface area contributed by atoms with Crippen molar-refractivity contribution in [2.75, 3.05) is 21.2 Å². The lowest BCUT2D eigenvalue weighted by atomic mass is 10.4. The van der Waals surface area contributed by atoms with Gasteiger partial charge >= 0.3 is 0 Å². The molecule has 0 aromatic carbocycles. The Hall–Kier alpha value is -0.990. The molecular formula is C7H13NO2. The molecule has 0 atom stereocenters. The van der Waals surface area contributed by atoms with Crippen LogP contribution >= 0.6 is 0 Å². The van der Waals surface area contributed by atoms with Gasteiger partial charge < -0.3 is 9.64 Å². The van der Waals surface area contributed by atoms with E-state index in [1.54, 1.807) is 4.90 Å². The van der Waals surface area contributed by atoms with E-state index in [1.807, 2.05) is 14.1 Å². The summed E-state index contributed by atoms with van der Waals surface area (Å²) in [5, 5.41) is 0. The average molecular weight is 143 g/mol. The van der Waals surface area contributed by atoms with Crippen LogP contribution in [0.1, 0.15) is 6.92 Å². The fourth-order valence-electron chi connectivity index (χ4n) is 0.544. The SMILES string of the molecule is CO/C(=C/C(C)=O)N(C)C. The number of carbonyl (C=O) groups is 1. The maximum Gasteiger partial charge on any atom is 0.192 e. The van der Waals surface area contributed by atoms with Crippen molar-refractivity contribution < 1.29 is 9.53 Å².